The van der Waals surface area contributed by atoms with Crippen LogP contribution < -0.4 is 5.32 Å². The monoisotopic (exact) mass is 195 g/mol. The van der Waals surface area contributed by atoms with Crippen molar-refractivity contribution in [2.24, 2.45) is 5.92 Å². The van der Waals surface area contributed by atoms with Crippen molar-refractivity contribution in [2.45, 2.75) is 57.4 Å². The highest BCUT2D eigenvalue weighted by molar-refractivity contribution is 5.89. The van der Waals surface area contributed by atoms with Gasteiger partial charge in [-0.05, 0) is 44.6 Å². The predicted octanol–water partition coefficient (Wildman–Crippen LogP) is 2.28. The average Bonchev–Trinajstić information content (AvgIpc) is 2.83. The zero-order valence-corrected chi connectivity index (χ0v) is 9.14. The molecule has 0 aromatic rings. The highest BCUT2D eigenvalue weighted by Gasteiger charge is 2.41. The van der Waals surface area contributed by atoms with Gasteiger partial charge in [0.05, 0.1) is 5.54 Å². The standard InChI is InChI=1S/C12H21NO/c1-2-6-12(7-3-8-13-12)11(14)9-10-4-5-10/h10,13H,2-9H2,1H3. The molecule has 0 aromatic heterocycles. The summed E-state index contributed by atoms with van der Waals surface area (Å²) in [5.41, 5.74) is -0.114. The smallest absolute Gasteiger partial charge is 0.153 e. The van der Waals surface area contributed by atoms with Crippen LogP contribution >= 0.6 is 0 Å². The number of ketones is 1. The van der Waals surface area contributed by atoms with Crippen LogP contribution in [0.1, 0.15) is 51.9 Å². The van der Waals surface area contributed by atoms with Crippen molar-refractivity contribution in [3.05, 3.63) is 0 Å². The van der Waals surface area contributed by atoms with Crippen LogP contribution in [-0.4, -0.2) is 17.9 Å². The number of Topliss-reactive ketones (excluding diaryl/α,β-unsaturated/α-hetero) is 1. The molecule has 1 aliphatic heterocycles. The van der Waals surface area contributed by atoms with Gasteiger partial charge < -0.3 is 5.32 Å². The van der Waals surface area contributed by atoms with Crippen molar-refractivity contribution in [1.29, 1.82) is 0 Å². The lowest BCUT2D eigenvalue weighted by Gasteiger charge is -2.27. The van der Waals surface area contributed by atoms with Crippen molar-refractivity contribution in [3.63, 3.8) is 0 Å². The first-order valence-corrected chi connectivity index (χ1v) is 6.05. The molecule has 1 aliphatic carbocycles. The second kappa shape index (κ2) is 4.01. The van der Waals surface area contributed by atoms with Gasteiger partial charge in [-0.15, -0.1) is 0 Å². The Hall–Kier alpha value is -0.370. The quantitative estimate of drug-likeness (QED) is 0.729. The van der Waals surface area contributed by atoms with E-state index in [9.17, 15) is 4.79 Å². The Morgan fingerprint density at radius 1 is 1.50 bits per heavy atom. The van der Waals surface area contributed by atoms with Gasteiger partial charge in [0.25, 0.3) is 0 Å². The van der Waals surface area contributed by atoms with Gasteiger partial charge in [-0.3, -0.25) is 4.79 Å². The van der Waals surface area contributed by atoms with E-state index in [1.807, 2.05) is 0 Å². The fourth-order valence-electron chi connectivity index (χ4n) is 2.60. The lowest BCUT2D eigenvalue weighted by atomic mass is 9.85. The molecule has 14 heavy (non-hydrogen) atoms. The Labute approximate surface area is 86.5 Å². The van der Waals surface area contributed by atoms with Gasteiger partial charge in [-0.1, -0.05) is 13.3 Å². The summed E-state index contributed by atoms with van der Waals surface area (Å²) in [4.78, 5) is 12.1. The molecule has 1 N–H and O–H groups in total. The van der Waals surface area contributed by atoms with Gasteiger partial charge in [-0.2, -0.15) is 0 Å². The molecule has 0 aromatic carbocycles. The van der Waals surface area contributed by atoms with Crippen LogP contribution in [-0.2, 0) is 4.79 Å². The molecule has 1 atom stereocenters. The van der Waals surface area contributed by atoms with Gasteiger partial charge >= 0.3 is 0 Å². The van der Waals surface area contributed by atoms with E-state index in [1.165, 1.54) is 19.3 Å². The number of carbonyl (C=O) groups excluding carboxylic acids is 1. The highest BCUT2D eigenvalue weighted by atomic mass is 16.1. The van der Waals surface area contributed by atoms with Crippen molar-refractivity contribution in [2.75, 3.05) is 6.54 Å². The van der Waals surface area contributed by atoms with E-state index in [2.05, 4.69) is 12.2 Å². The van der Waals surface area contributed by atoms with E-state index in [1.54, 1.807) is 0 Å². The Bertz CT molecular complexity index is 214. The summed E-state index contributed by atoms with van der Waals surface area (Å²) in [5.74, 6) is 1.23. The second-order valence-electron chi connectivity index (χ2n) is 4.93. The number of carbonyl (C=O) groups is 1. The van der Waals surface area contributed by atoms with Crippen molar-refractivity contribution in [1.82, 2.24) is 5.32 Å². The van der Waals surface area contributed by atoms with E-state index in [0.29, 0.717) is 5.78 Å². The van der Waals surface area contributed by atoms with E-state index in [4.69, 9.17) is 0 Å². The van der Waals surface area contributed by atoms with Crippen LogP contribution in [0.5, 0.6) is 0 Å². The molecule has 2 heteroatoms. The molecule has 80 valence electrons. The van der Waals surface area contributed by atoms with Crippen LogP contribution in [0.15, 0.2) is 0 Å². The normalized spacial score (nSPS) is 32.1. The maximum Gasteiger partial charge on any atom is 0.153 e. The molecule has 2 aliphatic rings. The minimum absolute atomic E-state index is 0.114. The van der Waals surface area contributed by atoms with Crippen LogP contribution in [0, 0.1) is 5.92 Å². The molecule has 0 amide bonds. The minimum atomic E-state index is -0.114. The Morgan fingerprint density at radius 2 is 2.29 bits per heavy atom. The van der Waals surface area contributed by atoms with Gasteiger partial charge in [0, 0.05) is 6.42 Å². The first-order chi connectivity index (χ1) is 6.77. The zero-order valence-electron chi connectivity index (χ0n) is 9.14. The lowest BCUT2D eigenvalue weighted by molar-refractivity contribution is -0.125. The molecule has 0 radical (unpaired) electrons. The minimum Gasteiger partial charge on any atom is -0.305 e. The molecular formula is C12H21NO. The van der Waals surface area contributed by atoms with E-state index >= 15 is 0 Å². The second-order valence-corrected chi connectivity index (χ2v) is 4.93. The van der Waals surface area contributed by atoms with Gasteiger partial charge in [0.1, 0.15) is 0 Å². The summed E-state index contributed by atoms with van der Waals surface area (Å²) in [7, 11) is 0. The molecule has 2 rings (SSSR count). The molecule has 1 unspecified atom stereocenters. The van der Waals surface area contributed by atoms with Crippen LogP contribution in [0.3, 0.4) is 0 Å². The fraction of sp³-hybridized carbons (Fsp3) is 0.917. The largest absolute Gasteiger partial charge is 0.305 e. The van der Waals surface area contributed by atoms with Crippen molar-refractivity contribution >= 4 is 5.78 Å². The predicted molar refractivity (Wildman–Crippen MR) is 57.2 cm³/mol. The van der Waals surface area contributed by atoms with E-state index < -0.39 is 0 Å². The molecule has 2 fully saturated rings. The molecule has 1 saturated carbocycles. The summed E-state index contributed by atoms with van der Waals surface area (Å²) >= 11 is 0. The maximum absolute atomic E-state index is 12.1. The Balaban J connectivity index is 1.96. The Morgan fingerprint density at radius 3 is 2.79 bits per heavy atom. The maximum atomic E-state index is 12.1. The summed E-state index contributed by atoms with van der Waals surface area (Å²) in [5, 5.41) is 3.45. The van der Waals surface area contributed by atoms with Gasteiger partial charge in [0.15, 0.2) is 5.78 Å². The van der Waals surface area contributed by atoms with E-state index in [0.717, 1.165) is 38.1 Å². The summed E-state index contributed by atoms with van der Waals surface area (Å²) in [6, 6.07) is 0. The molecular weight excluding hydrogens is 174 g/mol. The number of rotatable bonds is 5. The van der Waals surface area contributed by atoms with Gasteiger partial charge in [0.2, 0.25) is 0 Å². The van der Waals surface area contributed by atoms with Crippen molar-refractivity contribution in [3.8, 4) is 0 Å². The van der Waals surface area contributed by atoms with Crippen molar-refractivity contribution < 1.29 is 4.79 Å². The van der Waals surface area contributed by atoms with Crippen LogP contribution in [0.25, 0.3) is 0 Å². The molecule has 1 heterocycles. The summed E-state index contributed by atoms with van der Waals surface area (Å²) < 4.78 is 0. The topological polar surface area (TPSA) is 29.1 Å². The summed E-state index contributed by atoms with van der Waals surface area (Å²) in [6.07, 6.45) is 7.82. The Kier molecular flexibility index (Phi) is 2.91. The zero-order chi connectivity index (χ0) is 10.0. The number of hydrogen-bond donors (Lipinski definition) is 1. The van der Waals surface area contributed by atoms with Gasteiger partial charge in [-0.25, -0.2) is 0 Å². The average molecular weight is 195 g/mol. The first-order valence-electron chi connectivity index (χ1n) is 6.05. The van der Waals surface area contributed by atoms with E-state index in [-0.39, 0.29) is 5.54 Å². The molecule has 0 spiro atoms. The number of hydrogen-bond acceptors (Lipinski definition) is 2. The third-order valence-corrected chi connectivity index (χ3v) is 3.63. The molecule has 0 bridgehead atoms. The fourth-order valence-corrected chi connectivity index (χ4v) is 2.60. The third kappa shape index (κ3) is 2.00. The first kappa shape index (κ1) is 10.2. The number of nitrogens with one attached hydrogen (secondary N) is 1. The molecule has 1 saturated heterocycles. The van der Waals surface area contributed by atoms with Crippen LogP contribution in [0.4, 0.5) is 0 Å². The lowest BCUT2D eigenvalue weighted by Crippen LogP contribution is -2.47. The molecule has 2 nitrogen and oxygen atoms in total. The highest BCUT2D eigenvalue weighted by Crippen LogP contribution is 2.36. The summed E-state index contributed by atoms with van der Waals surface area (Å²) in [6.45, 7) is 3.21. The van der Waals surface area contributed by atoms with Crippen LogP contribution in [0.2, 0.25) is 0 Å². The SMILES string of the molecule is CCCC1(C(=O)CC2CC2)CCCN1. The third-order valence-electron chi connectivity index (χ3n) is 3.63.